The first-order chi connectivity index (χ1) is 34.9. The second-order valence-corrected chi connectivity index (χ2v) is 19.0. The highest BCUT2D eigenvalue weighted by Gasteiger charge is 2.37. The molecule has 0 aromatic rings. The molecule has 0 saturated heterocycles. The Bertz CT molecular complexity index is 2010. The maximum absolute atomic E-state index is 13.9. The molecule has 12 amide bonds. The Hall–Kier alpha value is -6.31. The number of nitrogens with one attached hydrogen (secondary N) is 10. The largest absolute Gasteiger partial charge is 0.481 e. The molecule has 0 aliphatic carbocycles. The van der Waals surface area contributed by atoms with Gasteiger partial charge in [0.2, 0.25) is 70.9 Å². The van der Waals surface area contributed by atoms with Crippen LogP contribution in [0.5, 0.6) is 0 Å². The summed E-state index contributed by atoms with van der Waals surface area (Å²) in [6.07, 6.45) is -4.60. The van der Waals surface area contributed by atoms with Gasteiger partial charge in [0.15, 0.2) is 0 Å². The van der Waals surface area contributed by atoms with E-state index in [0.717, 1.165) is 6.92 Å². The highest BCUT2D eigenvalue weighted by atomic mass is 32.1. The summed E-state index contributed by atoms with van der Waals surface area (Å²) in [6.45, 7) is 9.17. The normalized spacial score (nSPS) is 15.5. The number of aliphatic hydroxyl groups is 2. The van der Waals surface area contributed by atoms with Gasteiger partial charge in [-0.2, -0.15) is 25.3 Å². The van der Waals surface area contributed by atoms with Crippen LogP contribution in [-0.2, 0) is 62.3 Å². The van der Waals surface area contributed by atoms with Crippen LogP contribution in [-0.4, -0.2) is 183 Å². The van der Waals surface area contributed by atoms with Crippen molar-refractivity contribution in [2.45, 2.75) is 160 Å². The summed E-state index contributed by atoms with van der Waals surface area (Å²) in [6, 6.07) is -13.5. The van der Waals surface area contributed by atoms with Crippen molar-refractivity contribution in [1.82, 2.24) is 53.2 Å². The Labute approximate surface area is 445 Å². The highest BCUT2D eigenvalue weighted by molar-refractivity contribution is 7.80. The lowest BCUT2D eigenvalue weighted by molar-refractivity contribution is -0.139. The van der Waals surface area contributed by atoms with Crippen LogP contribution >= 0.6 is 25.3 Å². The zero-order chi connectivity index (χ0) is 57.9. The van der Waals surface area contributed by atoms with Gasteiger partial charge in [0.05, 0.1) is 25.2 Å². The van der Waals surface area contributed by atoms with E-state index in [9.17, 15) is 77.6 Å². The molecule has 75 heavy (non-hydrogen) atoms. The lowest BCUT2D eigenvalue weighted by Crippen LogP contribution is -2.62. The van der Waals surface area contributed by atoms with Gasteiger partial charge in [0.25, 0.3) is 0 Å². The lowest BCUT2D eigenvalue weighted by atomic mass is 10.0. The zero-order valence-electron chi connectivity index (χ0n) is 43.1. The molecule has 0 aromatic heterocycles. The minimum absolute atomic E-state index is 0.0244. The number of carbonyl (C=O) groups excluding carboxylic acids is 12. The Morgan fingerprint density at radius 3 is 1.40 bits per heavy atom. The smallest absolute Gasteiger partial charge is 0.303 e. The molecule has 0 spiro atoms. The van der Waals surface area contributed by atoms with E-state index in [-0.39, 0.29) is 43.2 Å². The molecule has 0 aliphatic heterocycles. The number of carboxylic acids is 1. The number of amides is 12. The van der Waals surface area contributed by atoms with Crippen molar-refractivity contribution in [2.24, 2.45) is 29.0 Å². The molecular formula is C44H77N13O16S2. The third-order valence-corrected chi connectivity index (χ3v) is 11.5. The molecule has 0 bridgehead atoms. The van der Waals surface area contributed by atoms with Crippen molar-refractivity contribution >= 4 is 102 Å². The van der Waals surface area contributed by atoms with E-state index >= 15 is 0 Å². The van der Waals surface area contributed by atoms with Crippen LogP contribution in [0.25, 0.3) is 0 Å². The van der Waals surface area contributed by atoms with E-state index < -0.39 is 175 Å². The number of hydrogen-bond acceptors (Lipinski definition) is 18. The first-order valence-corrected chi connectivity index (χ1v) is 25.2. The average molecular weight is 1110 g/mol. The second kappa shape index (κ2) is 35.0. The summed E-state index contributed by atoms with van der Waals surface area (Å²) in [5.74, 6) is -14.5. The third kappa shape index (κ3) is 26.7. The summed E-state index contributed by atoms with van der Waals surface area (Å²) in [5, 5.41) is 53.4. The number of nitrogens with two attached hydrogens (primary N) is 3. The first kappa shape index (κ1) is 68.7. The topological polar surface area (TPSA) is 481 Å². The summed E-state index contributed by atoms with van der Waals surface area (Å²) in [5.41, 5.74) is 16.3. The Morgan fingerprint density at radius 1 is 0.507 bits per heavy atom. The van der Waals surface area contributed by atoms with Gasteiger partial charge in [-0.15, -0.1) is 0 Å². The van der Waals surface area contributed by atoms with Crippen LogP contribution in [0.4, 0.5) is 0 Å². The number of unbranched alkanes of at least 4 members (excludes halogenated alkanes) is 1. The van der Waals surface area contributed by atoms with Gasteiger partial charge in [-0.25, -0.2) is 0 Å². The number of aliphatic carboxylic acids is 1. The van der Waals surface area contributed by atoms with Gasteiger partial charge in [0.1, 0.15) is 54.4 Å². The molecule has 11 atom stereocenters. The van der Waals surface area contributed by atoms with Crippen LogP contribution in [0.2, 0.25) is 0 Å². The fraction of sp³-hybridized carbons (Fsp3) is 0.705. The standard InChI is InChI=1S/C44H77N13O16S2/c1-19(2)14-26(40(69)56-34(21(5)58)43(72)54-28(17-74)36(47)65)53-38(67)24(10-8-9-13-45)51-39(68)27(15-30(46)61)50-31(62)16-48-37(66)25(11-12-32(63)64)52-42(71)33(20(3)4)55-44(73)35(22(6)59)57-41(70)29(18-75)49-23(7)60/h19-22,24-29,33-35,58-59,74-75H,8-18,45H2,1-7H3,(H2,46,61)(H2,47,65)(H,48,66)(H,49,60)(H,50,62)(H,51,68)(H,52,71)(H,53,67)(H,54,72)(H,55,73)(H,56,69)(H,57,70)(H,63,64)/t21-,22-,24+,25+,26+,27+,28+,29+,33+,34+,35+/m1/s1. The average Bonchev–Trinajstić information content (AvgIpc) is 3.30. The Kier molecular flexibility index (Phi) is 32.1. The Balaban J connectivity index is 6.38. The number of carboxylic acid groups (broad SMARTS) is 1. The molecule has 19 N–H and O–H groups in total. The van der Waals surface area contributed by atoms with Crippen LogP contribution in [0.15, 0.2) is 0 Å². The molecule has 0 fully saturated rings. The molecular weight excluding hydrogens is 1030 g/mol. The van der Waals surface area contributed by atoms with Crippen LogP contribution in [0.1, 0.15) is 93.4 Å². The highest BCUT2D eigenvalue weighted by Crippen LogP contribution is 2.11. The number of primary amides is 2. The van der Waals surface area contributed by atoms with Crippen molar-refractivity contribution in [2.75, 3.05) is 24.6 Å². The first-order valence-electron chi connectivity index (χ1n) is 23.9. The van der Waals surface area contributed by atoms with Gasteiger partial charge in [-0.05, 0) is 64.3 Å². The lowest BCUT2D eigenvalue weighted by Gasteiger charge is -2.29. The molecule has 0 heterocycles. The van der Waals surface area contributed by atoms with Crippen molar-refractivity contribution in [3.8, 4) is 0 Å². The van der Waals surface area contributed by atoms with Gasteiger partial charge in [-0.1, -0.05) is 27.7 Å². The zero-order valence-corrected chi connectivity index (χ0v) is 44.8. The van der Waals surface area contributed by atoms with E-state index in [1.165, 1.54) is 27.7 Å². The second-order valence-electron chi connectivity index (χ2n) is 18.3. The molecule has 0 radical (unpaired) electrons. The number of hydrogen-bond donors (Lipinski definition) is 18. The summed E-state index contributed by atoms with van der Waals surface area (Å²) in [4.78, 5) is 168. The van der Waals surface area contributed by atoms with E-state index in [4.69, 9.17) is 17.2 Å². The van der Waals surface area contributed by atoms with Gasteiger partial charge in [-0.3, -0.25) is 62.3 Å². The van der Waals surface area contributed by atoms with Gasteiger partial charge < -0.3 is 85.7 Å². The van der Waals surface area contributed by atoms with Crippen LogP contribution in [0.3, 0.4) is 0 Å². The SMILES string of the molecule is CC(=O)N[C@@H](CS)C(=O)N[C@H](C(=O)N[C@H](C(=O)N[C@@H](CCC(=O)O)C(=O)NCC(=O)N[C@@H](CC(N)=O)C(=O)N[C@@H](CCCCN)C(=O)N[C@@H](CC(C)C)C(=O)N[C@H](C(=O)N[C@@H](CS)C(N)=O)[C@@H](C)O)C(C)C)[C@@H](C)O. The summed E-state index contributed by atoms with van der Waals surface area (Å²) >= 11 is 7.98. The van der Waals surface area contributed by atoms with E-state index in [1.54, 1.807) is 13.8 Å². The van der Waals surface area contributed by atoms with Crippen molar-refractivity contribution in [3.63, 3.8) is 0 Å². The molecule has 0 saturated carbocycles. The molecule has 29 nitrogen and oxygen atoms in total. The summed E-state index contributed by atoms with van der Waals surface area (Å²) in [7, 11) is 0. The number of thiol groups is 2. The predicted molar refractivity (Wildman–Crippen MR) is 274 cm³/mol. The molecule has 0 unspecified atom stereocenters. The van der Waals surface area contributed by atoms with Gasteiger partial charge >= 0.3 is 5.97 Å². The van der Waals surface area contributed by atoms with Crippen LogP contribution < -0.4 is 70.4 Å². The third-order valence-electron chi connectivity index (χ3n) is 10.8. The maximum Gasteiger partial charge on any atom is 0.303 e. The van der Waals surface area contributed by atoms with Crippen molar-refractivity contribution in [3.05, 3.63) is 0 Å². The molecule has 0 aromatic carbocycles. The predicted octanol–water partition coefficient (Wildman–Crippen LogP) is -6.84. The molecule has 0 rings (SSSR count). The minimum atomic E-state index is -1.78. The number of rotatable bonds is 36. The number of aliphatic hydroxyl groups excluding tert-OH is 2. The monoisotopic (exact) mass is 1110 g/mol. The summed E-state index contributed by atoms with van der Waals surface area (Å²) < 4.78 is 0. The Morgan fingerprint density at radius 2 is 0.947 bits per heavy atom. The molecule has 0 aliphatic rings. The van der Waals surface area contributed by atoms with Gasteiger partial charge in [0, 0.05) is 24.9 Å². The van der Waals surface area contributed by atoms with Crippen LogP contribution in [0, 0.1) is 11.8 Å². The molecule has 426 valence electrons. The quantitative estimate of drug-likeness (QED) is 0.0205. The van der Waals surface area contributed by atoms with Crippen molar-refractivity contribution < 1.29 is 77.6 Å². The van der Waals surface area contributed by atoms with E-state index in [2.05, 4.69) is 78.4 Å². The fourth-order valence-corrected chi connectivity index (χ4v) is 7.29. The van der Waals surface area contributed by atoms with E-state index in [1.807, 2.05) is 0 Å². The molecule has 31 heteroatoms. The number of carbonyl (C=O) groups is 13. The van der Waals surface area contributed by atoms with Crippen molar-refractivity contribution in [1.29, 1.82) is 0 Å². The van der Waals surface area contributed by atoms with E-state index in [0.29, 0.717) is 6.42 Å². The maximum atomic E-state index is 13.9. The fourth-order valence-electron chi connectivity index (χ4n) is 6.76. The minimum Gasteiger partial charge on any atom is -0.481 e.